The lowest BCUT2D eigenvalue weighted by Gasteiger charge is -2.06. The first-order valence-corrected chi connectivity index (χ1v) is 7.01. The highest BCUT2D eigenvalue weighted by molar-refractivity contribution is 5.60. The Hall–Kier alpha value is -1.68. The van der Waals surface area contributed by atoms with Gasteiger partial charge in [0.15, 0.2) is 11.7 Å². The van der Waals surface area contributed by atoms with Crippen molar-refractivity contribution in [1.82, 2.24) is 10.3 Å². The number of halogens is 1. The van der Waals surface area contributed by atoms with Crippen molar-refractivity contribution in [3.63, 3.8) is 0 Å². The van der Waals surface area contributed by atoms with Gasteiger partial charge in [-0.25, -0.2) is 9.37 Å². The van der Waals surface area contributed by atoms with Gasteiger partial charge in [-0.05, 0) is 43.7 Å². The second kappa shape index (κ2) is 6.66. The smallest absolute Gasteiger partial charge is 0.194 e. The van der Waals surface area contributed by atoms with E-state index < -0.39 is 0 Å². The molecule has 0 radical (unpaired) electrons. The number of oxazole rings is 1. The van der Waals surface area contributed by atoms with Crippen molar-refractivity contribution in [2.75, 3.05) is 6.54 Å². The zero-order valence-corrected chi connectivity index (χ0v) is 12.2. The van der Waals surface area contributed by atoms with E-state index in [9.17, 15) is 4.39 Å². The van der Waals surface area contributed by atoms with Crippen molar-refractivity contribution in [1.29, 1.82) is 0 Å². The monoisotopic (exact) mass is 276 g/mol. The van der Waals surface area contributed by atoms with Crippen molar-refractivity contribution in [3.8, 4) is 11.3 Å². The van der Waals surface area contributed by atoms with E-state index in [2.05, 4.69) is 24.1 Å². The number of aryl methyl sites for hydroxylation is 2. The SMILES string of the molecule is Cc1cc(F)ccc1-c1cnc(CCCNC(C)C)o1. The Morgan fingerprint density at radius 2 is 2.15 bits per heavy atom. The molecule has 1 aromatic carbocycles. The number of nitrogens with zero attached hydrogens (tertiary/aromatic N) is 1. The molecule has 0 atom stereocenters. The third kappa shape index (κ3) is 3.90. The number of rotatable bonds is 6. The molecule has 0 saturated heterocycles. The summed E-state index contributed by atoms with van der Waals surface area (Å²) in [7, 11) is 0. The molecule has 0 spiro atoms. The Kier molecular flexibility index (Phi) is 4.90. The first kappa shape index (κ1) is 14.7. The van der Waals surface area contributed by atoms with E-state index in [1.165, 1.54) is 12.1 Å². The molecule has 3 nitrogen and oxygen atoms in total. The quantitative estimate of drug-likeness (QED) is 0.817. The Labute approximate surface area is 119 Å². The summed E-state index contributed by atoms with van der Waals surface area (Å²) in [5, 5.41) is 3.36. The van der Waals surface area contributed by atoms with Crippen LogP contribution in [-0.4, -0.2) is 17.6 Å². The average Bonchev–Trinajstić information content (AvgIpc) is 2.83. The molecule has 20 heavy (non-hydrogen) atoms. The lowest BCUT2D eigenvalue weighted by molar-refractivity contribution is 0.484. The number of hydrogen-bond donors (Lipinski definition) is 1. The minimum Gasteiger partial charge on any atom is -0.441 e. The maximum Gasteiger partial charge on any atom is 0.194 e. The molecular weight excluding hydrogens is 255 g/mol. The second-order valence-electron chi connectivity index (χ2n) is 5.29. The third-order valence-corrected chi connectivity index (χ3v) is 3.13. The van der Waals surface area contributed by atoms with Crippen molar-refractivity contribution < 1.29 is 8.81 Å². The van der Waals surface area contributed by atoms with Crippen LogP contribution in [-0.2, 0) is 6.42 Å². The minimum atomic E-state index is -0.231. The van der Waals surface area contributed by atoms with Gasteiger partial charge in [0.05, 0.1) is 6.20 Å². The van der Waals surface area contributed by atoms with Gasteiger partial charge in [0.2, 0.25) is 0 Å². The zero-order valence-electron chi connectivity index (χ0n) is 12.2. The number of aromatic nitrogens is 1. The van der Waals surface area contributed by atoms with Gasteiger partial charge in [0.25, 0.3) is 0 Å². The van der Waals surface area contributed by atoms with Crippen LogP contribution in [0.25, 0.3) is 11.3 Å². The highest BCUT2D eigenvalue weighted by Crippen LogP contribution is 2.25. The van der Waals surface area contributed by atoms with Crippen LogP contribution in [0.2, 0.25) is 0 Å². The van der Waals surface area contributed by atoms with Crippen molar-refractivity contribution in [3.05, 3.63) is 41.7 Å². The molecule has 4 heteroatoms. The maximum atomic E-state index is 13.1. The standard InChI is InChI=1S/C16H21FN2O/c1-11(2)18-8-4-5-16-19-10-15(20-16)14-7-6-13(17)9-12(14)3/h6-7,9-11,18H,4-5,8H2,1-3H3. The lowest BCUT2D eigenvalue weighted by Crippen LogP contribution is -2.23. The fourth-order valence-corrected chi connectivity index (χ4v) is 2.08. The fourth-order valence-electron chi connectivity index (χ4n) is 2.08. The van der Waals surface area contributed by atoms with Crippen molar-refractivity contribution in [2.24, 2.45) is 0 Å². The normalized spacial score (nSPS) is 11.2. The van der Waals surface area contributed by atoms with Gasteiger partial charge in [-0.1, -0.05) is 13.8 Å². The molecule has 2 aromatic rings. The Balaban J connectivity index is 1.98. The van der Waals surface area contributed by atoms with E-state index in [1.807, 2.05) is 6.92 Å². The first-order chi connectivity index (χ1) is 9.56. The first-order valence-electron chi connectivity index (χ1n) is 7.01. The molecule has 0 aliphatic heterocycles. The van der Waals surface area contributed by atoms with E-state index in [1.54, 1.807) is 12.3 Å². The predicted molar refractivity (Wildman–Crippen MR) is 78.1 cm³/mol. The van der Waals surface area contributed by atoms with Crippen LogP contribution in [0.1, 0.15) is 31.7 Å². The van der Waals surface area contributed by atoms with Crippen LogP contribution in [0.3, 0.4) is 0 Å². The minimum absolute atomic E-state index is 0.231. The van der Waals surface area contributed by atoms with Gasteiger partial charge in [-0.3, -0.25) is 0 Å². The highest BCUT2D eigenvalue weighted by Gasteiger charge is 2.09. The van der Waals surface area contributed by atoms with Gasteiger partial charge >= 0.3 is 0 Å². The molecule has 2 rings (SSSR count). The van der Waals surface area contributed by atoms with Crippen LogP contribution in [0.5, 0.6) is 0 Å². The molecule has 0 saturated carbocycles. The van der Waals surface area contributed by atoms with Gasteiger partial charge < -0.3 is 9.73 Å². The molecule has 1 N–H and O–H groups in total. The van der Waals surface area contributed by atoms with E-state index >= 15 is 0 Å². The van der Waals surface area contributed by atoms with Crippen LogP contribution in [0, 0.1) is 12.7 Å². The molecule has 0 aliphatic rings. The van der Waals surface area contributed by atoms with Gasteiger partial charge in [-0.2, -0.15) is 0 Å². The summed E-state index contributed by atoms with van der Waals surface area (Å²) in [4.78, 5) is 4.28. The van der Waals surface area contributed by atoms with Gasteiger partial charge in [0, 0.05) is 18.0 Å². The highest BCUT2D eigenvalue weighted by atomic mass is 19.1. The second-order valence-corrected chi connectivity index (χ2v) is 5.29. The molecule has 0 fully saturated rings. The molecule has 1 aromatic heterocycles. The van der Waals surface area contributed by atoms with E-state index in [0.29, 0.717) is 11.8 Å². The van der Waals surface area contributed by atoms with E-state index in [4.69, 9.17) is 4.42 Å². The Bertz CT molecular complexity index is 563. The largest absolute Gasteiger partial charge is 0.441 e. The molecular formula is C16H21FN2O. The molecule has 1 heterocycles. The summed E-state index contributed by atoms with van der Waals surface area (Å²) in [5.41, 5.74) is 1.75. The number of hydrogen-bond acceptors (Lipinski definition) is 3. The molecule has 0 bridgehead atoms. The zero-order chi connectivity index (χ0) is 14.5. The van der Waals surface area contributed by atoms with Crippen molar-refractivity contribution >= 4 is 0 Å². The molecule has 0 aliphatic carbocycles. The van der Waals surface area contributed by atoms with Gasteiger partial charge in [-0.15, -0.1) is 0 Å². The summed E-state index contributed by atoms with van der Waals surface area (Å²) in [5.74, 6) is 1.20. The lowest BCUT2D eigenvalue weighted by atomic mass is 10.1. The van der Waals surface area contributed by atoms with E-state index in [-0.39, 0.29) is 5.82 Å². The average molecular weight is 276 g/mol. The number of benzene rings is 1. The number of nitrogens with one attached hydrogen (secondary N) is 1. The van der Waals surface area contributed by atoms with Crippen LogP contribution in [0.15, 0.2) is 28.8 Å². The van der Waals surface area contributed by atoms with Crippen LogP contribution in [0.4, 0.5) is 4.39 Å². The van der Waals surface area contributed by atoms with Crippen molar-refractivity contribution in [2.45, 2.75) is 39.7 Å². The summed E-state index contributed by atoms with van der Waals surface area (Å²) >= 11 is 0. The summed E-state index contributed by atoms with van der Waals surface area (Å²) in [6, 6.07) is 5.17. The maximum absolute atomic E-state index is 13.1. The fraction of sp³-hybridized carbons (Fsp3) is 0.438. The summed E-state index contributed by atoms with van der Waals surface area (Å²) in [6.45, 7) is 7.07. The van der Waals surface area contributed by atoms with E-state index in [0.717, 1.165) is 36.4 Å². The molecule has 0 unspecified atom stereocenters. The van der Waals surface area contributed by atoms with Gasteiger partial charge in [0.1, 0.15) is 5.82 Å². The van der Waals surface area contributed by atoms with Crippen LogP contribution < -0.4 is 5.32 Å². The van der Waals surface area contributed by atoms with Crippen LogP contribution >= 0.6 is 0 Å². The Morgan fingerprint density at radius 3 is 2.85 bits per heavy atom. The molecule has 0 amide bonds. The Morgan fingerprint density at radius 1 is 1.35 bits per heavy atom. The molecule has 108 valence electrons. The summed E-state index contributed by atoms with van der Waals surface area (Å²) in [6.07, 6.45) is 3.51. The predicted octanol–water partition coefficient (Wildman–Crippen LogP) is 3.72. The summed E-state index contributed by atoms with van der Waals surface area (Å²) < 4.78 is 18.8. The topological polar surface area (TPSA) is 38.1 Å². The third-order valence-electron chi connectivity index (χ3n) is 3.13.